The van der Waals surface area contributed by atoms with Crippen molar-refractivity contribution in [2.45, 2.75) is 32.4 Å². The number of hydrogen-bond acceptors (Lipinski definition) is 2. The van der Waals surface area contributed by atoms with E-state index < -0.39 is 0 Å². The van der Waals surface area contributed by atoms with Crippen LogP contribution in [-0.2, 0) is 13.0 Å². The number of aromatic nitrogens is 2. The molecule has 2 N–H and O–H groups in total. The van der Waals surface area contributed by atoms with E-state index in [1.807, 2.05) is 10.7 Å². The fourth-order valence-electron chi connectivity index (χ4n) is 2.15. The minimum absolute atomic E-state index is 0.252. The molecule has 0 aliphatic heterocycles. The summed E-state index contributed by atoms with van der Waals surface area (Å²) in [5.41, 5.74) is 7.85. The monoisotopic (exact) mass is 281 g/mol. The second-order valence-electron chi connectivity index (χ2n) is 4.54. The second kappa shape index (κ2) is 6.17. The number of nitrogens with zero attached hydrogens (tertiary/aromatic N) is 2. The lowest BCUT2D eigenvalue weighted by molar-refractivity contribution is 0.537. The van der Waals surface area contributed by atoms with Crippen LogP contribution in [0.15, 0.2) is 30.5 Å². The Bertz CT molecular complexity index is 553. The van der Waals surface area contributed by atoms with Crippen LogP contribution in [-0.4, -0.2) is 9.78 Å². The Morgan fingerprint density at radius 3 is 2.95 bits per heavy atom. The Morgan fingerprint density at radius 2 is 2.26 bits per heavy atom. The van der Waals surface area contributed by atoms with Crippen LogP contribution in [0.3, 0.4) is 0 Å². The Hall–Kier alpha value is -1.39. The third kappa shape index (κ3) is 3.33. The summed E-state index contributed by atoms with van der Waals surface area (Å²) in [6.07, 6.45) is 3.10. The molecule has 5 heteroatoms. The molecule has 1 aromatic heterocycles. The number of halogens is 2. The van der Waals surface area contributed by atoms with Crippen molar-refractivity contribution in [3.05, 3.63) is 52.6 Å². The van der Waals surface area contributed by atoms with E-state index in [4.69, 9.17) is 17.3 Å². The molecular weight excluding hydrogens is 265 g/mol. The van der Waals surface area contributed by atoms with Crippen molar-refractivity contribution in [1.82, 2.24) is 9.78 Å². The number of hydrogen-bond donors (Lipinski definition) is 1. The minimum atomic E-state index is -0.289. The van der Waals surface area contributed by atoms with Crippen LogP contribution in [0.5, 0.6) is 0 Å². The van der Waals surface area contributed by atoms with Crippen molar-refractivity contribution in [2.75, 3.05) is 0 Å². The number of aryl methyl sites for hydroxylation is 1. The maximum absolute atomic E-state index is 13.2. The summed E-state index contributed by atoms with van der Waals surface area (Å²) in [4.78, 5) is 0. The third-order valence-electron chi connectivity index (χ3n) is 2.96. The number of rotatable bonds is 5. The Labute approximate surface area is 117 Å². The Morgan fingerprint density at radius 1 is 1.47 bits per heavy atom. The summed E-state index contributed by atoms with van der Waals surface area (Å²) in [6.45, 7) is 2.84. The van der Waals surface area contributed by atoms with E-state index in [1.165, 1.54) is 12.1 Å². The number of benzene rings is 1. The molecule has 102 valence electrons. The SMILES string of the molecule is CCCn1ncc(Cl)c1C(N)Cc1cccc(F)c1. The second-order valence-corrected chi connectivity index (χ2v) is 4.95. The van der Waals surface area contributed by atoms with Gasteiger partial charge >= 0.3 is 0 Å². The van der Waals surface area contributed by atoms with Gasteiger partial charge in [-0.15, -0.1) is 0 Å². The van der Waals surface area contributed by atoms with Gasteiger partial charge in [0, 0.05) is 6.54 Å². The van der Waals surface area contributed by atoms with E-state index in [1.54, 1.807) is 12.3 Å². The lowest BCUT2D eigenvalue weighted by Crippen LogP contribution is -2.19. The van der Waals surface area contributed by atoms with Crippen molar-refractivity contribution >= 4 is 11.6 Å². The molecule has 0 fully saturated rings. The fourth-order valence-corrected chi connectivity index (χ4v) is 2.43. The summed E-state index contributed by atoms with van der Waals surface area (Å²) in [5.74, 6) is -0.252. The first-order valence-corrected chi connectivity index (χ1v) is 6.70. The van der Waals surface area contributed by atoms with E-state index in [0.29, 0.717) is 11.4 Å². The first-order chi connectivity index (χ1) is 9.11. The number of nitrogens with two attached hydrogens (primary N) is 1. The van der Waals surface area contributed by atoms with Crippen LogP contribution in [0.25, 0.3) is 0 Å². The molecule has 3 nitrogen and oxygen atoms in total. The van der Waals surface area contributed by atoms with Gasteiger partial charge in [-0.2, -0.15) is 5.10 Å². The van der Waals surface area contributed by atoms with Crippen molar-refractivity contribution in [3.63, 3.8) is 0 Å². The Balaban J connectivity index is 2.20. The fraction of sp³-hybridized carbons (Fsp3) is 0.357. The van der Waals surface area contributed by atoms with Crippen LogP contribution in [0.1, 0.15) is 30.6 Å². The molecule has 1 unspecified atom stereocenters. The zero-order valence-electron chi connectivity index (χ0n) is 10.8. The van der Waals surface area contributed by atoms with E-state index in [2.05, 4.69) is 12.0 Å². The predicted octanol–water partition coefficient (Wildman–Crippen LogP) is 3.33. The largest absolute Gasteiger partial charge is 0.322 e. The van der Waals surface area contributed by atoms with Gasteiger partial charge in [0.15, 0.2) is 0 Å². The molecular formula is C14H17ClFN3. The van der Waals surface area contributed by atoms with E-state index in [9.17, 15) is 4.39 Å². The molecule has 0 spiro atoms. The van der Waals surface area contributed by atoms with Crippen LogP contribution in [0.4, 0.5) is 4.39 Å². The molecule has 0 saturated heterocycles. The van der Waals surface area contributed by atoms with Crippen molar-refractivity contribution in [3.8, 4) is 0 Å². The highest BCUT2D eigenvalue weighted by Gasteiger charge is 2.17. The van der Waals surface area contributed by atoms with Crippen molar-refractivity contribution < 1.29 is 4.39 Å². The Kier molecular flexibility index (Phi) is 4.56. The van der Waals surface area contributed by atoms with Gasteiger partial charge in [-0.3, -0.25) is 4.68 Å². The van der Waals surface area contributed by atoms with Gasteiger partial charge in [-0.25, -0.2) is 4.39 Å². The van der Waals surface area contributed by atoms with Crippen LogP contribution in [0, 0.1) is 5.82 Å². The van der Waals surface area contributed by atoms with Gasteiger partial charge in [0.25, 0.3) is 0 Å². The maximum atomic E-state index is 13.2. The highest BCUT2D eigenvalue weighted by atomic mass is 35.5. The minimum Gasteiger partial charge on any atom is -0.322 e. The molecule has 2 aromatic rings. The maximum Gasteiger partial charge on any atom is 0.123 e. The quantitative estimate of drug-likeness (QED) is 0.913. The average Bonchev–Trinajstić information content (AvgIpc) is 2.71. The molecule has 1 heterocycles. The zero-order chi connectivity index (χ0) is 13.8. The molecule has 0 amide bonds. The summed E-state index contributed by atoms with van der Waals surface area (Å²) in [5, 5.41) is 4.78. The van der Waals surface area contributed by atoms with Gasteiger partial charge < -0.3 is 5.73 Å². The van der Waals surface area contributed by atoms with Crippen LogP contribution < -0.4 is 5.73 Å². The molecule has 2 rings (SSSR count). The molecule has 0 radical (unpaired) electrons. The van der Waals surface area contributed by atoms with E-state index >= 15 is 0 Å². The zero-order valence-corrected chi connectivity index (χ0v) is 11.6. The summed E-state index contributed by atoms with van der Waals surface area (Å²) >= 11 is 6.14. The molecule has 0 aliphatic rings. The van der Waals surface area contributed by atoms with Crippen molar-refractivity contribution in [2.24, 2.45) is 5.73 Å². The summed E-state index contributed by atoms with van der Waals surface area (Å²) in [6, 6.07) is 6.17. The van der Waals surface area contributed by atoms with Gasteiger partial charge in [0.1, 0.15) is 5.82 Å². The normalized spacial score (nSPS) is 12.6. The first kappa shape index (κ1) is 14.0. The average molecular weight is 282 g/mol. The highest BCUT2D eigenvalue weighted by Crippen LogP contribution is 2.24. The van der Waals surface area contributed by atoms with Gasteiger partial charge in [-0.05, 0) is 30.5 Å². The van der Waals surface area contributed by atoms with Crippen molar-refractivity contribution in [1.29, 1.82) is 0 Å². The molecule has 0 bridgehead atoms. The van der Waals surface area contributed by atoms with Gasteiger partial charge in [0.2, 0.25) is 0 Å². The molecule has 0 aliphatic carbocycles. The lowest BCUT2D eigenvalue weighted by atomic mass is 10.0. The van der Waals surface area contributed by atoms with E-state index in [-0.39, 0.29) is 11.9 Å². The van der Waals surface area contributed by atoms with Crippen LogP contribution >= 0.6 is 11.6 Å². The molecule has 1 aromatic carbocycles. The smallest absolute Gasteiger partial charge is 0.123 e. The topological polar surface area (TPSA) is 43.8 Å². The summed E-state index contributed by atoms with van der Waals surface area (Å²) in [7, 11) is 0. The summed E-state index contributed by atoms with van der Waals surface area (Å²) < 4.78 is 15.0. The third-order valence-corrected chi connectivity index (χ3v) is 3.26. The van der Waals surface area contributed by atoms with Gasteiger partial charge in [0.05, 0.1) is 23.0 Å². The molecule has 1 atom stereocenters. The highest BCUT2D eigenvalue weighted by molar-refractivity contribution is 6.31. The molecule has 19 heavy (non-hydrogen) atoms. The lowest BCUT2D eigenvalue weighted by Gasteiger charge is -2.15. The molecule has 0 saturated carbocycles. The van der Waals surface area contributed by atoms with Crippen LogP contribution in [0.2, 0.25) is 5.02 Å². The predicted molar refractivity (Wildman–Crippen MR) is 74.6 cm³/mol. The first-order valence-electron chi connectivity index (χ1n) is 6.33. The van der Waals surface area contributed by atoms with E-state index in [0.717, 1.165) is 24.2 Å². The standard InChI is InChI=1S/C14H17ClFN3/c1-2-6-19-14(12(15)9-18-19)13(17)8-10-4-3-5-11(16)7-10/h3-5,7,9,13H,2,6,8,17H2,1H3. The van der Waals surface area contributed by atoms with Gasteiger partial charge in [-0.1, -0.05) is 30.7 Å².